The molecule has 0 saturated heterocycles. The SMILES string of the molecule is CCOC(=O)CCNC(=O)c1ccc(N[C@@H](Cc2cc3ccccc3[nH]2)C(=O)Nc2ccc(-c3cc4ccccc4o3)cc2)cc1. The van der Waals surface area contributed by atoms with Gasteiger partial charge in [-0.15, -0.1) is 0 Å². The summed E-state index contributed by atoms with van der Waals surface area (Å²) in [6.45, 7) is 2.22. The van der Waals surface area contributed by atoms with Crippen LogP contribution in [0.3, 0.4) is 0 Å². The van der Waals surface area contributed by atoms with Crippen LogP contribution in [0, 0.1) is 0 Å². The van der Waals surface area contributed by atoms with Gasteiger partial charge in [0.1, 0.15) is 17.4 Å². The lowest BCUT2D eigenvalue weighted by Gasteiger charge is -2.19. The smallest absolute Gasteiger partial charge is 0.307 e. The van der Waals surface area contributed by atoms with E-state index in [-0.39, 0.29) is 30.7 Å². The summed E-state index contributed by atoms with van der Waals surface area (Å²) in [5.41, 5.74) is 5.41. The molecule has 0 aliphatic rings. The highest BCUT2D eigenvalue weighted by Crippen LogP contribution is 2.28. The van der Waals surface area contributed by atoms with Crippen molar-refractivity contribution in [3.8, 4) is 11.3 Å². The highest BCUT2D eigenvalue weighted by molar-refractivity contribution is 5.98. The minimum Gasteiger partial charge on any atom is -0.466 e. The summed E-state index contributed by atoms with van der Waals surface area (Å²) in [4.78, 5) is 41.2. The maximum Gasteiger partial charge on any atom is 0.307 e. The van der Waals surface area contributed by atoms with Gasteiger partial charge in [-0.2, -0.15) is 0 Å². The Labute approximate surface area is 266 Å². The lowest BCUT2D eigenvalue weighted by Crippen LogP contribution is -2.36. The van der Waals surface area contributed by atoms with Crippen molar-refractivity contribution in [2.75, 3.05) is 23.8 Å². The number of benzene rings is 4. The van der Waals surface area contributed by atoms with Crippen LogP contribution in [0.5, 0.6) is 0 Å². The number of esters is 1. The fourth-order valence-corrected chi connectivity index (χ4v) is 5.28. The zero-order valence-corrected chi connectivity index (χ0v) is 25.3. The molecule has 232 valence electrons. The van der Waals surface area contributed by atoms with E-state index in [1.165, 1.54) is 0 Å². The molecule has 0 unspecified atom stereocenters. The summed E-state index contributed by atoms with van der Waals surface area (Å²) in [6, 6.07) is 33.7. The second-order valence-electron chi connectivity index (χ2n) is 10.9. The van der Waals surface area contributed by atoms with E-state index in [0.717, 1.165) is 38.9 Å². The molecular weight excluding hydrogens is 580 g/mol. The van der Waals surface area contributed by atoms with Crippen LogP contribution in [0.25, 0.3) is 33.2 Å². The number of furan rings is 1. The van der Waals surface area contributed by atoms with Crippen molar-refractivity contribution in [2.45, 2.75) is 25.8 Å². The molecule has 0 aliphatic heterocycles. The third kappa shape index (κ3) is 7.27. The quantitative estimate of drug-likeness (QED) is 0.111. The first kappa shape index (κ1) is 30.2. The van der Waals surface area contributed by atoms with Gasteiger partial charge in [-0.3, -0.25) is 14.4 Å². The maximum atomic E-state index is 13.7. The normalized spacial score (nSPS) is 11.7. The molecule has 0 radical (unpaired) electrons. The van der Waals surface area contributed by atoms with Crippen LogP contribution in [-0.2, 0) is 20.7 Å². The summed E-state index contributed by atoms with van der Waals surface area (Å²) in [6.07, 6.45) is 0.500. The number of aromatic nitrogens is 1. The van der Waals surface area contributed by atoms with Gasteiger partial charge in [-0.05, 0) is 85.1 Å². The van der Waals surface area contributed by atoms with Gasteiger partial charge < -0.3 is 30.1 Å². The third-order valence-electron chi connectivity index (χ3n) is 7.60. The van der Waals surface area contributed by atoms with E-state index in [9.17, 15) is 14.4 Å². The number of amides is 2. The van der Waals surface area contributed by atoms with E-state index in [2.05, 4.69) is 20.9 Å². The van der Waals surface area contributed by atoms with Gasteiger partial charge in [0, 0.05) is 52.1 Å². The number of H-pyrrole nitrogens is 1. The van der Waals surface area contributed by atoms with Crippen LogP contribution in [0.4, 0.5) is 11.4 Å². The number of anilines is 2. The summed E-state index contributed by atoms with van der Waals surface area (Å²) in [5, 5.41) is 11.2. The topological polar surface area (TPSA) is 125 Å². The number of hydrogen-bond acceptors (Lipinski definition) is 6. The second kappa shape index (κ2) is 13.9. The number of ether oxygens (including phenoxy) is 1. The second-order valence-corrected chi connectivity index (χ2v) is 10.9. The Morgan fingerprint density at radius 1 is 0.826 bits per heavy atom. The Morgan fingerprint density at radius 2 is 1.54 bits per heavy atom. The number of carbonyl (C=O) groups excluding carboxylic acids is 3. The van der Waals surface area contributed by atoms with Crippen molar-refractivity contribution in [1.82, 2.24) is 10.3 Å². The number of fused-ring (bicyclic) bond motifs is 2. The molecule has 4 N–H and O–H groups in total. The zero-order valence-electron chi connectivity index (χ0n) is 25.3. The van der Waals surface area contributed by atoms with Gasteiger partial charge in [0.25, 0.3) is 5.91 Å². The predicted octanol–water partition coefficient (Wildman–Crippen LogP) is 6.93. The van der Waals surface area contributed by atoms with Gasteiger partial charge in [0.05, 0.1) is 13.0 Å². The van der Waals surface area contributed by atoms with Crippen LogP contribution in [0.2, 0.25) is 0 Å². The van der Waals surface area contributed by atoms with Crippen molar-refractivity contribution < 1.29 is 23.5 Å². The van der Waals surface area contributed by atoms with Crippen LogP contribution >= 0.6 is 0 Å². The largest absolute Gasteiger partial charge is 0.466 e. The number of aromatic amines is 1. The Kier molecular flexibility index (Phi) is 9.10. The molecule has 1 atom stereocenters. The van der Waals surface area contributed by atoms with E-state index < -0.39 is 6.04 Å². The minimum atomic E-state index is -0.632. The van der Waals surface area contributed by atoms with E-state index in [0.29, 0.717) is 30.0 Å². The molecule has 46 heavy (non-hydrogen) atoms. The number of nitrogens with one attached hydrogen (secondary N) is 4. The van der Waals surface area contributed by atoms with E-state index >= 15 is 0 Å². The molecule has 6 aromatic rings. The summed E-state index contributed by atoms with van der Waals surface area (Å²) >= 11 is 0. The van der Waals surface area contributed by atoms with Crippen molar-refractivity contribution in [2.24, 2.45) is 0 Å². The van der Waals surface area contributed by atoms with Crippen LogP contribution in [-0.4, -0.2) is 42.0 Å². The summed E-state index contributed by atoms with van der Waals surface area (Å²) in [5.74, 6) is -0.109. The monoisotopic (exact) mass is 614 g/mol. The highest BCUT2D eigenvalue weighted by Gasteiger charge is 2.21. The molecular formula is C37H34N4O5. The lowest BCUT2D eigenvalue weighted by molar-refractivity contribution is -0.142. The lowest BCUT2D eigenvalue weighted by atomic mass is 10.1. The van der Waals surface area contributed by atoms with Crippen molar-refractivity contribution in [1.29, 1.82) is 0 Å². The van der Waals surface area contributed by atoms with Gasteiger partial charge in [-0.1, -0.05) is 36.4 Å². The van der Waals surface area contributed by atoms with Crippen LogP contribution in [0.1, 0.15) is 29.4 Å². The van der Waals surface area contributed by atoms with Gasteiger partial charge in [0.15, 0.2) is 0 Å². The average Bonchev–Trinajstić information content (AvgIpc) is 3.69. The maximum absolute atomic E-state index is 13.7. The Bertz CT molecular complexity index is 1910. The molecule has 9 heteroatoms. The van der Waals surface area contributed by atoms with Crippen molar-refractivity contribution >= 4 is 51.0 Å². The van der Waals surface area contributed by atoms with Gasteiger partial charge in [-0.25, -0.2) is 0 Å². The molecule has 0 saturated carbocycles. The third-order valence-corrected chi connectivity index (χ3v) is 7.60. The number of para-hydroxylation sites is 2. The van der Waals surface area contributed by atoms with E-state index in [1.807, 2.05) is 84.9 Å². The summed E-state index contributed by atoms with van der Waals surface area (Å²) in [7, 11) is 0. The average molecular weight is 615 g/mol. The molecule has 6 rings (SSSR count). The molecule has 4 aromatic carbocycles. The molecule has 0 spiro atoms. The molecule has 2 aromatic heterocycles. The fourth-order valence-electron chi connectivity index (χ4n) is 5.28. The standard InChI is InChI=1S/C37H34N4O5/c1-2-45-35(42)19-20-38-36(43)25-13-17-28(18-14-25)39-32(23-30-21-26-7-3-5-9-31(26)40-30)37(44)41-29-15-11-24(12-16-29)34-22-27-8-4-6-10-33(27)46-34/h3-18,21-22,32,39-40H,2,19-20,23H2,1H3,(H,38,43)(H,41,44)/t32-/m0/s1. The molecule has 2 heterocycles. The Morgan fingerprint density at radius 3 is 2.28 bits per heavy atom. The van der Waals surface area contributed by atoms with Crippen molar-refractivity contribution in [3.05, 3.63) is 120 Å². The fraction of sp³-hybridized carbons (Fsp3) is 0.162. The van der Waals surface area contributed by atoms with Gasteiger partial charge in [0.2, 0.25) is 5.91 Å². The van der Waals surface area contributed by atoms with Crippen molar-refractivity contribution in [3.63, 3.8) is 0 Å². The predicted molar refractivity (Wildman–Crippen MR) is 180 cm³/mol. The first-order valence-corrected chi connectivity index (χ1v) is 15.2. The molecule has 0 bridgehead atoms. The Balaban J connectivity index is 1.15. The molecule has 0 aliphatic carbocycles. The van der Waals surface area contributed by atoms with Crippen LogP contribution in [0.15, 0.2) is 114 Å². The first-order valence-electron chi connectivity index (χ1n) is 15.2. The van der Waals surface area contributed by atoms with E-state index in [4.69, 9.17) is 9.15 Å². The summed E-state index contributed by atoms with van der Waals surface area (Å²) < 4.78 is 10.9. The number of carbonyl (C=O) groups is 3. The minimum absolute atomic E-state index is 0.104. The van der Waals surface area contributed by atoms with E-state index in [1.54, 1.807) is 31.2 Å². The zero-order chi connectivity index (χ0) is 31.9. The highest BCUT2D eigenvalue weighted by atomic mass is 16.5. The molecule has 9 nitrogen and oxygen atoms in total. The molecule has 2 amide bonds. The number of rotatable bonds is 12. The number of hydrogen-bond donors (Lipinski definition) is 4. The first-order chi connectivity index (χ1) is 22.4. The van der Waals surface area contributed by atoms with Gasteiger partial charge >= 0.3 is 5.97 Å². The molecule has 0 fully saturated rings. The Hall–Kier alpha value is -5.83. The van der Waals surface area contributed by atoms with Crippen LogP contribution < -0.4 is 16.0 Å².